The third-order valence-corrected chi connectivity index (χ3v) is 3.33. The van der Waals surface area contributed by atoms with Crippen molar-refractivity contribution in [2.45, 2.75) is 0 Å². The van der Waals surface area contributed by atoms with Crippen molar-refractivity contribution in [3.8, 4) is 0 Å². The van der Waals surface area contributed by atoms with E-state index in [-0.39, 0.29) is 12.3 Å². The van der Waals surface area contributed by atoms with Gasteiger partial charge in [0.1, 0.15) is 0 Å². The Morgan fingerprint density at radius 2 is 2.40 bits per heavy atom. The minimum atomic E-state index is 0.0708. The highest BCUT2D eigenvalue weighted by atomic mass is 79.9. The fourth-order valence-corrected chi connectivity index (χ4v) is 2.58. The molecule has 0 saturated carbocycles. The number of hydrogen-bond acceptors (Lipinski definition) is 3. The van der Waals surface area contributed by atoms with Gasteiger partial charge < -0.3 is 5.32 Å². The molecule has 2 aromatic heterocycles. The zero-order valence-corrected chi connectivity index (χ0v) is 10.7. The molecular formula is C8H6BrClFN3S. The zero-order chi connectivity index (χ0) is 11.0. The van der Waals surface area contributed by atoms with Crippen molar-refractivity contribution in [2.24, 2.45) is 0 Å². The van der Waals surface area contributed by atoms with Crippen molar-refractivity contribution in [3.05, 3.63) is 21.9 Å². The van der Waals surface area contributed by atoms with Crippen molar-refractivity contribution in [2.75, 3.05) is 12.4 Å². The second-order valence-corrected chi connectivity index (χ2v) is 4.59. The van der Waals surface area contributed by atoms with E-state index in [9.17, 15) is 3.89 Å². The van der Waals surface area contributed by atoms with Crippen molar-refractivity contribution >= 4 is 56.6 Å². The second kappa shape index (κ2) is 4.19. The molecular weight excluding hydrogens is 305 g/mol. The molecule has 0 aliphatic carbocycles. The quantitative estimate of drug-likeness (QED) is 0.913. The van der Waals surface area contributed by atoms with Gasteiger partial charge in [-0.05, 0) is 15.9 Å². The molecule has 2 heterocycles. The maximum atomic E-state index is 12.6. The Morgan fingerprint density at radius 1 is 1.67 bits per heavy atom. The first-order valence-corrected chi connectivity index (χ1v) is 5.85. The summed E-state index contributed by atoms with van der Waals surface area (Å²) in [4.78, 5) is 4.11. The molecule has 80 valence electrons. The summed E-state index contributed by atoms with van der Waals surface area (Å²) in [6.45, 7) is 0. The Morgan fingerprint density at radius 3 is 3.00 bits per heavy atom. The monoisotopic (exact) mass is 309 g/mol. The van der Waals surface area contributed by atoms with Crippen molar-refractivity contribution in [1.29, 1.82) is 0 Å². The molecule has 0 spiro atoms. The molecule has 3 nitrogen and oxygen atoms in total. The number of pyridine rings is 1. The average molecular weight is 311 g/mol. The van der Waals surface area contributed by atoms with E-state index in [1.165, 1.54) is 10.2 Å². The van der Waals surface area contributed by atoms with Gasteiger partial charge in [0.05, 0.1) is 20.6 Å². The number of halogens is 3. The van der Waals surface area contributed by atoms with Crippen LogP contribution in [0.25, 0.3) is 11.0 Å². The van der Waals surface area contributed by atoms with Crippen LogP contribution in [0.3, 0.4) is 0 Å². The number of fused-ring (bicyclic) bond motifs is 1. The van der Waals surface area contributed by atoms with Crippen molar-refractivity contribution in [1.82, 2.24) is 8.96 Å². The Kier molecular flexibility index (Phi) is 3.08. The molecule has 0 saturated heterocycles. The molecule has 7 heteroatoms. The van der Waals surface area contributed by atoms with Crippen LogP contribution >= 0.6 is 39.9 Å². The lowest BCUT2D eigenvalue weighted by Crippen LogP contribution is -1.93. The second-order valence-electron chi connectivity index (χ2n) is 2.80. The van der Waals surface area contributed by atoms with Gasteiger partial charge >= 0.3 is 0 Å². The first-order chi connectivity index (χ1) is 7.19. The van der Waals surface area contributed by atoms with Crippen LogP contribution in [-0.4, -0.2) is 16.0 Å². The predicted octanol–water partition coefficient (Wildman–Crippen LogP) is 3.87. The molecule has 0 radical (unpaired) electrons. The highest BCUT2D eigenvalue weighted by molar-refractivity contribution is 9.10. The number of hydrogen-bond donors (Lipinski definition) is 1. The van der Waals surface area contributed by atoms with E-state index in [1.807, 2.05) is 0 Å². The normalized spacial score (nSPS) is 10.9. The van der Waals surface area contributed by atoms with E-state index in [0.717, 1.165) is 10.2 Å². The zero-order valence-electron chi connectivity index (χ0n) is 7.59. The lowest BCUT2D eigenvalue weighted by atomic mass is 10.3. The summed E-state index contributed by atoms with van der Waals surface area (Å²) in [5.41, 5.74) is 1.30. The Balaban J connectivity index is 2.86. The van der Waals surface area contributed by atoms with Crippen LogP contribution in [0.5, 0.6) is 0 Å². The third kappa shape index (κ3) is 1.70. The van der Waals surface area contributed by atoms with E-state index in [4.69, 9.17) is 11.6 Å². The van der Waals surface area contributed by atoms with Gasteiger partial charge in [-0.1, -0.05) is 11.6 Å². The number of nitrogens with one attached hydrogen (secondary N) is 1. The summed E-state index contributed by atoms with van der Waals surface area (Å²) in [5, 5.41) is 4.17. The minimum absolute atomic E-state index is 0.0708. The summed E-state index contributed by atoms with van der Waals surface area (Å²) in [6, 6.07) is 0. The SMILES string of the molecule is CNc1c(Br)cnc2c1c(Cl)cn2SF. The Bertz CT molecular complexity index is 516. The highest BCUT2D eigenvalue weighted by Gasteiger charge is 2.14. The molecule has 2 rings (SSSR count). The van der Waals surface area contributed by atoms with E-state index >= 15 is 0 Å². The van der Waals surface area contributed by atoms with Crippen LogP contribution in [0.15, 0.2) is 16.9 Å². The van der Waals surface area contributed by atoms with Crippen LogP contribution < -0.4 is 5.32 Å². The minimum Gasteiger partial charge on any atom is -0.387 e. The molecule has 0 amide bonds. The fourth-order valence-electron chi connectivity index (χ4n) is 1.40. The third-order valence-electron chi connectivity index (χ3n) is 2.02. The predicted molar refractivity (Wildman–Crippen MR) is 66.1 cm³/mol. The van der Waals surface area contributed by atoms with Gasteiger partial charge in [0, 0.05) is 19.4 Å². The number of aromatic nitrogens is 2. The standard InChI is InChI=1S/C8H6BrClFN3S/c1-12-7-4(9)2-13-8-6(7)5(10)3-14(8)15-11/h2-3H,1H3,(H,12,13). The van der Waals surface area contributed by atoms with Gasteiger partial charge in [-0.3, -0.25) is 0 Å². The van der Waals surface area contributed by atoms with Gasteiger partial charge in [0.2, 0.25) is 0 Å². The van der Waals surface area contributed by atoms with Crippen LogP contribution in [-0.2, 0) is 0 Å². The Labute approximate surface area is 104 Å². The van der Waals surface area contributed by atoms with Gasteiger partial charge in [-0.15, -0.1) is 3.89 Å². The van der Waals surface area contributed by atoms with Gasteiger partial charge in [0.25, 0.3) is 0 Å². The summed E-state index contributed by atoms with van der Waals surface area (Å²) in [5.74, 6) is 0. The van der Waals surface area contributed by atoms with Gasteiger partial charge in [-0.25, -0.2) is 8.96 Å². The van der Waals surface area contributed by atoms with Crippen molar-refractivity contribution < 1.29 is 3.89 Å². The smallest absolute Gasteiger partial charge is 0.171 e. The number of nitrogens with zero attached hydrogens (tertiary/aromatic N) is 2. The fraction of sp³-hybridized carbons (Fsp3) is 0.125. The van der Waals surface area contributed by atoms with Crippen LogP contribution in [0.1, 0.15) is 0 Å². The van der Waals surface area contributed by atoms with Crippen molar-refractivity contribution in [3.63, 3.8) is 0 Å². The lowest BCUT2D eigenvalue weighted by Gasteiger charge is -2.05. The van der Waals surface area contributed by atoms with E-state index in [1.54, 1.807) is 13.2 Å². The van der Waals surface area contributed by atoms with E-state index < -0.39 is 0 Å². The molecule has 0 unspecified atom stereocenters. The molecule has 2 aromatic rings. The van der Waals surface area contributed by atoms with Crippen LogP contribution in [0, 0.1) is 0 Å². The van der Waals surface area contributed by atoms with Crippen LogP contribution in [0.4, 0.5) is 9.57 Å². The molecule has 1 N–H and O–H groups in total. The molecule has 0 atom stereocenters. The summed E-state index contributed by atoms with van der Waals surface area (Å²) >= 11 is 9.43. The van der Waals surface area contributed by atoms with Gasteiger partial charge in [0.15, 0.2) is 18.0 Å². The molecule has 0 aromatic carbocycles. The molecule has 0 bridgehead atoms. The molecule has 0 aliphatic heterocycles. The maximum absolute atomic E-state index is 12.6. The summed E-state index contributed by atoms with van der Waals surface area (Å²) < 4.78 is 14.6. The number of anilines is 1. The number of rotatable bonds is 2. The van der Waals surface area contributed by atoms with Crippen LogP contribution in [0.2, 0.25) is 5.02 Å². The van der Waals surface area contributed by atoms with E-state index in [2.05, 4.69) is 26.2 Å². The topological polar surface area (TPSA) is 29.9 Å². The highest BCUT2D eigenvalue weighted by Crippen LogP contribution is 2.37. The first-order valence-electron chi connectivity index (χ1n) is 4.01. The maximum Gasteiger partial charge on any atom is 0.171 e. The van der Waals surface area contributed by atoms with Gasteiger partial charge in [-0.2, -0.15) is 0 Å². The summed E-state index contributed by atoms with van der Waals surface area (Å²) in [7, 11) is 1.77. The molecule has 15 heavy (non-hydrogen) atoms. The van der Waals surface area contributed by atoms with E-state index in [0.29, 0.717) is 16.1 Å². The summed E-state index contributed by atoms with van der Waals surface area (Å²) in [6.07, 6.45) is 3.11. The first kappa shape index (κ1) is 11.0. The Hall–Kier alpha value is -0.460. The average Bonchev–Trinajstić information content (AvgIpc) is 2.56. The largest absolute Gasteiger partial charge is 0.387 e. The molecule has 0 fully saturated rings. The molecule has 0 aliphatic rings. The lowest BCUT2D eigenvalue weighted by molar-refractivity contribution is 0.919.